The molecule has 0 aliphatic rings. The molecule has 0 aromatic heterocycles. The second-order valence-electron chi connectivity index (χ2n) is 2.67. The monoisotopic (exact) mass is 189 g/mol. The van der Waals surface area contributed by atoms with E-state index in [1.165, 1.54) is 5.56 Å². The highest BCUT2D eigenvalue weighted by molar-refractivity contribution is 5.85. The quantitative estimate of drug-likeness (QED) is 0.760. The first-order chi connectivity index (χ1) is 5.24. The number of alkyl halides is 1. The summed E-state index contributed by atoms with van der Waals surface area (Å²) < 4.78 is 12.0. The van der Waals surface area contributed by atoms with Crippen LogP contribution in [0, 0.1) is 6.92 Å². The van der Waals surface area contributed by atoms with Gasteiger partial charge in [-0.1, -0.05) is 29.8 Å². The summed E-state index contributed by atoms with van der Waals surface area (Å²) in [4.78, 5) is 0. The molecule has 1 unspecified atom stereocenters. The third-order valence-electron chi connectivity index (χ3n) is 1.67. The number of halogens is 2. The number of hydrogen-bond donors (Lipinski definition) is 1. The average molecular weight is 190 g/mol. The van der Waals surface area contributed by atoms with Gasteiger partial charge in [0.15, 0.2) is 0 Å². The zero-order chi connectivity index (χ0) is 8.27. The van der Waals surface area contributed by atoms with Crippen molar-refractivity contribution in [2.75, 3.05) is 6.67 Å². The Labute approximate surface area is 78.2 Å². The van der Waals surface area contributed by atoms with E-state index in [0.29, 0.717) is 0 Å². The molecule has 0 aliphatic heterocycles. The molecule has 1 aromatic rings. The second-order valence-corrected chi connectivity index (χ2v) is 2.67. The Kier molecular flexibility index (Phi) is 4.86. The molecule has 0 spiro atoms. The van der Waals surface area contributed by atoms with Crippen LogP contribution in [0.3, 0.4) is 0 Å². The Hall–Kier alpha value is -0.600. The van der Waals surface area contributed by atoms with Crippen LogP contribution in [0.25, 0.3) is 0 Å². The Morgan fingerprint density at radius 3 is 2.25 bits per heavy atom. The minimum atomic E-state index is -0.497. The highest BCUT2D eigenvalue weighted by Gasteiger charge is 2.02. The van der Waals surface area contributed by atoms with Crippen LogP contribution in [0.2, 0.25) is 0 Å². The van der Waals surface area contributed by atoms with E-state index in [-0.39, 0.29) is 12.4 Å². The molecule has 0 radical (unpaired) electrons. The number of hydrogen-bond acceptors (Lipinski definition) is 1. The van der Waals surface area contributed by atoms with Crippen molar-refractivity contribution in [1.29, 1.82) is 0 Å². The molecule has 68 valence electrons. The molecular formula is C9H13ClFN. The van der Waals surface area contributed by atoms with E-state index in [9.17, 15) is 4.39 Å². The molecule has 1 nitrogen and oxygen atoms in total. The van der Waals surface area contributed by atoms with Crippen molar-refractivity contribution in [3.63, 3.8) is 0 Å². The van der Waals surface area contributed by atoms with E-state index in [1.807, 2.05) is 31.2 Å². The summed E-state index contributed by atoms with van der Waals surface area (Å²) in [5.74, 6) is 0. The summed E-state index contributed by atoms with van der Waals surface area (Å²) in [5.41, 5.74) is 7.50. The summed E-state index contributed by atoms with van der Waals surface area (Å²) in [7, 11) is 0. The van der Waals surface area contributed by atoms with Crippen LogP contribution < -0.4 is 5.73 Å². The Morgan fingerprint density at radius 1 is 1.33 bits per heavy atom. The zero-order valence-corrected chi connectivity index (χ0v) is 7.77. The predicted octanol–water partition coefficient (Wildman–Crippen LogP) is 2.39. The summed E-state index contributed by atoms with van der Waals surface area (Å²) in [6.07, 6.45) is 0. The highest BCUT2D eigenvalue weighted by Crippen LogP contribution is 2.10. The molecule has 0 fully saturated rings. The Balaban J connectivity index is 0.00000121. The molecule has 3 heteroatoms. The van der Waals surface area contributed by atoms with Crippen LogP contribution in [-0.2, 0) is 0 Å². The van der Waals surface area contributed by atoms with Crippen molar-refractivity contribution >= 4 is 12.4 Å². The molecule has 0 saturated heterocycles. The van der Waals surface area contributed by atoms with Crippen molar-refractivity contribution in [1.82, 2.24) is 0 Å². The molecule has 1 rings (SSSR count). The average Bonchev–Trinajstić information content (AvgIpc) is 2.05. The van der Waals surface area contributed by atoms with Gasteiger partial charge in [0.2, 0.25) is 0 Å². The van der Waals surface area contributed by atoms with Gasteiger partial charge < -0.3 is 5.73 Å². The number of nitrogens with two attached hydrogens (primary N) is 1. The van der Waals surface area contributed by atoms with Crippen molar-refractivity contribution < 1.29 is 4.39 Å². The van der Waals surface area contributed by atoms with Crippen molar-refractivity contribution in [2.24, 2.45) is 5.73 Å². The first-order valence-corrected chi connectivity index (χ1v) is 3.62. The largest absolute Gasteiger partial charge is 0.322 e. The Bertz CT molecular complexity index is 222. The van der Waals surface area contributed by atoms with Gasteiger partial charge in [-0.15, -0.1) is 12.4 Å². The van der Waals surface area contributed by atoms with Crippen LogP contribution in [0.5, 0.6) is 0 Å². The fraction of sp³-hybridized carbons (Fsp3) is 0.333. The zero-order valence-electron chi connectivity index (χ0n) is 6.96. The molecule has 0 bridgehead atoms. The minimum Gasteiger partial charge on any atom is -0.322 e. The summed E-state index contributed by atoms with van der Waals surface area (Å²) >= 11 is 0. The van der Waals surface area contributed by atoms with Gasteiger partial charge in [0.1, 0.15) is 6.67 Å². The van der Waals surface area contributed by atoms with Gasteiger partial charge in [0, 0.05) is 0 Å². The Morgan fingerprint density at radius 2 is 1.83 bits per heavy atom. The summed E-state index contributed by atoms with van der Waals surface area (Å²) in [6, 6.07) is 7.13. The lowest BCUT2D eigenvalue weighted by Crippen LogP contribution is -2.11. The van der Waals surface area contributed by atoms with Crippen molar-refractivity contribution in [3.8, 4) is 0 Å². The maximum absolute atomic E-state index is 12.0. The van der Waals surface area contributed by atoms with Gasteiger partial charge in [-0.2, -0.15) is 0 Å². The van der Waals surface area contributed by atoms with E-state index in [1.54, 1.807) is 0 Å². The van der Waals surface area contributed by atoms with Crippen molar-refractivity contribution in [3.05, 3.63) is 35.4 Å². The molecule has 0 heterocycles. The number of benzene rings is 1. The molecule has 0 amide bonds. The van der Waals surface area contributed by atoms with Crippen LogP contribution in [0.15, 0.2) is 24.3 Å². The van der Waals surface area contributed by atoms with Gasteiger partial charge >= 0.3 is 0 Å². The van der Waals surface area contributed by atoms with E-state index >= 15 is 0 Å². The van der Waals surface area contributed by atoms with Crippen molar-refractivity contribution in [2.45, 2.75) is 13.0 Å². The predicted molar refractivity (Wildman–Crippen MR) is 51.3 cm³/mol. The lowest BCUT2D eigenvalue weighted by molar-refractivity contribution is 0.437. The smallest absolute Gasteiger partial charge is 0.109 e. The normalized spacial score (nSPS) is 11.9. The molecule has 2 N–H and O–H groups in total. The van der Waals surface area contributed by atoms with Crippen LogP contribution in [-0.4, -0.2) is 6.67 Å². The molecule has 1 aromatic carbocycles. The standard InChI is InChI=1S/C9H12FN.ClH/c1-7-2-4-8(5-3-7)9(11)6-10;/h2-5,9H,6,11H2,1H3;1H. The maximum atomic E-state index is 12.0. The second kappa shape index (κ2) is 5.12. The molecule has 12 heavy (non-hydrogen) atoms. The number of rotatable bonds is 2. The van der Waals surface area contributed by atoms with E-state index in [0.717, 1.165) is 5.56 Å². The first kappa shape index (κ1) is 11.4. The van der Waals surface area contributed by atoms with Crippen LogP contribution in [0.1, 0.15) is 17.2 Å². The van der Waals surface area contributed by atoms with E-state index < -0.39 is 12.7 Å². The topological polar surface area (TPSA) is 26.0 Å². The van der Waals surface area contributed by atoms with Crippen LogP contribution in [0.4, 0.5) is 4.39 Å². The van der Waals surface area contributed by atoms with E-state index in [2.05, 4.69) is 0 Å². The minimum absolute atomic E-state index is 0. The van der Waals surface area contributed by atoms with Crippen LogP contribution >= 0.6 is 12.4 Å². The van der Waals surface area contributed by atoms with E-state index in [4.69, 9.17) is 5.73 Å². The fourth-order valence-corrected chi connectivity index (χ4v) is 0.903. The lowest BCUT2D eigenvalue weighted by atomic mass is 10.1. The summed E-state index contributed by atoms with van der Waals surface area (Å²) in [5, 5.41) is 0. The van der Waals surface area contributed by atoms with Gasteiger partial charge in [-0.25, -0.2) is 4.39 Å². The molecular weight excluding hydrogens is 177 g/mol. The first-order valence-electron chi connectivity index (χ1n) is 3.62. The maximum Gasteiger partial charge on any atom is 0.109 e. The molecule has 0 saturated carbocycles. The third kappa shape index (κ3) is 2.80. The van der Waals surface area contributed by atoms with Gasteiger partial charge in [-0.05, 0) is 12.5 Å². The fourth-order valence-electron chi connectivity index (χ4n) is 0.903. The number of aryl methyl sites for hydroxylation is 1. The molecule has 1 atom stereocenters. The van der Waals surface area contributed by atoms with Gasteiger partial charge in [0.05, 0.1) is 6.04 Å². The third-order valence-corrected chi connectivity index (χ3v) is 1.67. The SMILES string of the molecule is Cc1ccc(C(N)CF)cc1.Cl. The highest BCUT2D eigenvalue weighted by atomic mass is 35.5. The summed E-state index contributed by atoms with van der Waals surface area (Å²) in [6.45, 7) is 1.49. The molecule has 0 aliphatic carbocycles. The van der Waals surface area contributed by atoms with Gasteiger partial charge in [-0.3, -0.25) is 0 Å². The van der Waals surface area contributed by atoms with Gasteiger partial charge in [0.25, 0.3) is 0 Å². The lowest BCUT2D eigenvalue weighted by Gasteiger charge is -2.06.